The van der Waals surface area contributed by atoms with Crippen LogP contribution in [-0.4, -0.2) is 104 Å². The Balaban J connectivity index is 1.39. The van der Waals surface area contributed by atoms with Gasteiger partial charge in [-0.2, -0.15) is 0 Å². The maximum atomic E-state index is 14.9. The number of urea groups is 1. The summed E-state index contributed by atoms with van der Waals surface area (Å²) in [5, 5.41) is 11.5. The van der Waals surface area contributed by atoms with Crippen molar-refractivity contribution in [3.05, 3.63) is 12.7 Å². The lowest BCUT2D eigenvalue weighted by Gasteiger charge is -2.37. The van der Waals surface area contributed by atoms with E-state index in [2.05, 4.69) is 27.8 Å². The topological polar surface area (TPSA) is 174 Å². The SMILES string of the molecule is C=CCNC(=O)C(=O)C(CC1CC1)NC(=O)[C@@H]1[C@H]2CCC3(CC3)[C@H]2CN1C(=O)[C@@H](NC(=O)N[C@H](CN(C)S(C)(=O)=O)C(C)(C)C)C1CCCCC1. The van der Waals surface area contributed by atoms with Crippen LogP contribution in [0.5, 0.6) is 0 Å². The molecule has 0 aromatic heterocycles. The van der Waals surface area contributed by atoms with Gasteiger partial charge < -0.3 is 26.2 Å². The number of nitrogens with zero attached hydrogens (tertiary/aromatic N) is 2. The van der Waals surface area contributed by atoms with E-state index in [0.29, 0.717) is 13.0 Å². The lowest BCUT2D eigenvalue weighted by atomic mass is 9.83. The average molecular weight is 733 g/mol. The maximum Gasteiger partial charge on any atom is 0.315 e. The third-order valence-electron chi connectivity index (χ3n) is 12.4. The van der Waals surface area contributed by atoms with Crippen molar-refractivity contribution in [1.82, 2.24) is 30.5 Å². The lowest BCUT2D eigenvalue weighted by Crippen LogP contribution is -2.61. The molecule has 5 amide bonds. The van der Waals surface area contributed by atoms with E-state index in [0.717, 1.165) is 76.9 Å². The van der Waals surface area contributed by atoms with Gasteiger partial charge in [0.2, 0.25) is 27.6 Å². The van der Waals surface area contributed by atoms with E-state index in [-0.39, 0.29) is 48.1 Å². The molecular weight excluding hydrogens is 673 g/mol. The number of nitrogens with one attached hydrogen (secondary N) is 4. The number of carbonyl (C=O) groups is 5. The average Bonchev–Trinajstić information content (AvgIpc) is 3.98. The predicted molar refractivity (Wildman–Crippen MR) is 194 cm³/mol. The molecule has 1 unspecified atom stereocenters. The summed E-state index contributed by atoms with van der Waals surface area (Å²) < 4.78 is 25.7. The number of likely N-dealkylation sites (tertiary alicyclic amines) is 1. The molecule has 286 valence electrons. The number of Topliss-reactive ketones (excluding diaryl/α,β-unsaturated/α-hetero) is 1. The maximum absolute atomic E-state index is 14.9. The van der Waals surface area contributed by atoms with Gasteiger partial charge in [-0.3, -0.25) is 19.2 Å². The zero-order chi connectivity index (χ0) is 37.3. The van der Waals surface area contributed by atoms with Crippen LogP contribution >= 0.6 is 0 Å². The molecule has 0 radical (unpaired) electrons. The number of hydrogen-bond acceptors (Lipinski definition) is 7. The minimum absolute atomic E-state index is 0.0595. The van der Waals surface area contributed by atoms with Crippen LogP contribution in [0.3, 0.4) is 0 Å². The third-order valence-corrected chi connectivity index (χ3v) is 13.7. The van der Waals surface area contributed by atoms with Gasteiger partial charge in [-0.1, -0.05) is 59.0 Å². The number of ketones is 1. The number of hydrogen-bond donors (Lipinski definition) is 4. The molecule has 0 aromatic rings. The van der Waals surface area contributed by atoms with Gasteiger partial charge in [-0.15, -0.1) is 6.58 Å². The number of likely N-dealkylation sites (N-methyl/N-ethyl adjacent to an activating group) is 1. The van der Waals surface area contributed by atoms with Gasteiger partial charge in [0.05, 0.1) is 12.3 Å². The van der Waals surface area contributed by atoms with Crippen LogP contribution in [0.4, 0.5) is 4.79 Å². The zero-order valence-corrected chi connectivity index (χ0v) is 32.0. The predicted octanol–water partition coefficient (Wildman–Crippen LogP) is 2.71. The molecule has 14 heteroatoms. The summed E-state index contributed by atoms with van der Waals surface area (Å²) in [7, 11) is -2.02. The second-order valence-corrected chi connectivity index (χ2v) is 19.3. The quantitative estimate of drug-likeness (QED) is 0.148. The summed E-state index contributed by atoms with van der Waals surface area (Å²) >= 11 is 0. The van der Waals surface area contributed by atoms with E-state index in [1.54, 1.807) is 4.90 Å². The number of carbonyl (C=O) groups excluding carboxylic acids is 5. The standard InChI is InChI=1S/C37H60N6O7S/c1-7-19-38-33(46)31(44)27(20-23-13-14-23)39-32(45)30-25-15-16-37(17-18-37)26(25)21-43(30)34(47)29(24-11-9-8-10-12-24)41-35(48)40-28(36(2,3)4)22-42(5)51(6,49)50/h7,23-30H,1,8-22H2,2-6H3,(H,38,46)(H,39,45)(H2,40,41,48)/t25-,26-,27?,28+,29-,30-/m0/s1. The summed E-state index contributed by atoms with van der Waals surface area (Å²) in [6, 6.07) is -3.78. The van der Waals surface area contributed by atoms with Crippen LogP contribution in [0, 0.1) is 34.5 Å². The minimum atomic E-state index is -3.50. The smallest absolute Gasteiger partial charge is 0.315 e. The Hall–Kier alpha value is -3.00. The van der Waals surface area contributed by atoms with Crippen LogP contribution in [0.25, 0.3) is 0 Å². The molecule has 0 bridgehead atoms. The summed E-state index contributed by atoms with van der Waals surface area (Å²) in [5.74, 6) is -1.94. The van der Waals surface area contributed by atoms with Crippen LogP contribution in [0.2, 0.25) is 0 Å². The van der Waals surface area contributed by atoms with Gasteiger partial charge in [-0.05, 0) is 79.4 Å². The van der Waals surface area contributed by atoms with E-state index in [9.17, 15) is 32.4 Å². The van der Waals surface area contributed by atoms with E-state index in [1.807, 2.05) is 20.8 Å². The second kappa shape index (κ2) is 15.5. The molecule has 6 atom stereocenters. The highest BCUT2D eigenvalue weighted by molar-refractivity contribution is 7.88. The fourth-order valence-electron chi connectivity index (χ4n) is 8.79. The Morgan fingerprint density at radius 2 is 1.63 bits per heavy atom. The molecule has 5 rings (SSSR count). The van der Waals surface area contributed by atoms with Gasteiger partial charge in [0, 0.05) is 32.7 Å². The largest absolute Gasteiger partial charge is 0.346 e. The normalized spacial score (nSPS) is 26.2. The van der Waals surface area contributed by atoms with Crippen molar-refractivity contribution >= 4 is 39.6 Å². The first kappa shape index (κ1) is 39.2. The number of sulfonamides is 1. The Morgan fingerprint density at radius 3 is 2.20 bits per heavy atom. The lowest BCUT2D eigenvalue weighted by molar-refractivity contribution is -0.144. The first-order valence-electron chi connectivity index (χ1n) is 19.0. The van der Waals surface area contributed by atoms with Crippen molar-refractivity contribution in [1.29, 1.82) is 0 Å². The van der Waals surface area contributed by atoms with Crippen molar-refractivity contribution in [3.8, 4) is 0 Å². The first-order valence-corrected chi connectivity index (χ1v) is 20.8. The number of amides is 5. The summed E-state index contributed by atoms with van der Waals surface area (Å²) in [4.78, 5) is 70.7. The fraction of sp³-hybridized carbons (Fsp3) is 0.811. The molecule has 4 N–H and O–H groups in total. The molecule has 1 saturated heterocycles. The molecule has 51 heavy (non-hydrogen) atoms. The second-order valence-electron chi connectivity index (χ2n) is 17.2. The van der Waals surface area contributed by atoms with E-state index in [4.69, 9.17) is 0 Å². The molecule has 1 spiro atoms. The highest BCUT2D eigenvalue weighted by Gasteiger charge is 2.64. The molecule has 1 heterocycles. The summed E-state index contributed by atoms with van der Waals surface area (Å²) in [6.07, 6.45) is 13.2. The van der Waals surface area contributed by atoms with Gasteiger partial charge in [0.1, 0.15) is 12.1 Å². The van der Waals surface area contributed by atoms with Crippen molar-refractivity contribution < 1.29 is 32.4 Å². The fourth-order valence-corrected chi connectivity index (χ4v) is 9.21. The Morgan fingerprint density at radius 1 is 0.961 bits per heavy atom. The molecule has 5 fully saturated rings. The van der Waals surface area contributed by atoms with Crippen LogP contribution in [-0.2, 0) is 29.2 Å². The number of fused-ring (bicyclic) bond motifs is 2. The molecule has 1 aliphatic heterocycles. The van der Waals surface area contributed by atoms with Crippen molar-refractivity contribution in [2.45, 2.75) is 122 Å². The van der Waals surface area contributed by atoms with Crippen molar-refractivity contribution in [3.63, 3.8) is 0 Å². The van der Waals surface area contributed by atoms with E-state index < -0.39 is 63.2 Å². The molecule has 13 nitrogen and oxygen atoms in total. The van der Waals surface area contributed by atoms with Gasteiger partial charge >= 0.3 is 6.03 Å². The van der Waals surface area contributed by atoms with Crippen molar-refractivity contribution in [2.75, 3.05) is 32.9 Å². The Kier molecular flexibility index (Phi) is 11.9. The highest BCUT2D eigenvalue weighted by atomic mass is 32.2. The van der Waals surface area contributed by atoms with Crippen LogP contribution in [0.15, 0.2) is 12.7 Å². The summed E-state index contributed by atoms with van der Waals surface area (Å²) in [6.45, 7) is 9.96. The van der Waals surface area contributed by atoms with Crippen molar-refractivity contribution in [2.24, 2.45) is 34.5 Å². The zero-order valence-electron chi connectivity index (χ0n) is 31.2. The first-order chi connectivity index (χ1) is 23.9. The van der Waals surface area contributed by atoms with E-state index >= 15 is 0 Å². The highest BCUT2D eigenvalue weighted by Crippen LogP contribution is 2.66. The third kappa shape index (κ3) is 9.33. The van der Waals surface area contributed by atoms with Crippen LogP contribution in [0.1, 0.15) is 97.8 Å². The van der Waals surface area contributed by atoms with Gasteiger partial charge in [0.15, 0.2) is 0 Å². The molecule has 0 aromatic carbocycles. The van der Waals surface area contributed by atoms with Gasteiger partial charge in [-0.25, -0.2) is 17.5 Å². The molecule has 5 aliphatic rings. The summed E-state index contributed by atoms with van der Waals surface area (Å²) in [5.41, 5.74) is -0.366. The monoisotopic (exact) mass is 732 g/mol. The molecule has 4 aliphatic carbocycles. The number of rotatable bonds is 15. The van der Waals surface area contributed by atoms with Gasteiger partial charge in [0.25, 0.3) is 5.91 Å². The Bertz CT molecular complexity index is 1460. The molecule has 4 saturated carbocycles. The van der Waals surface area contributed by atoms with Crippen LogP contribution < -0.4 is 21.3 Å². The Labute approximate surface area is 303 Å². The van der Waals surface area contributed by atoms with E-state index in [1.165, 1.54) is 17.4 Å². The molecular formula is C37H60N6O7S. The minimum Gasteiger partial charge on any atom is -0.346 e.